The largest absolute Gasteiger partial charge is 0.497 e. The van der Waals surface area contributed by atoms with Crippen molar-refractivity contribution in [3.05, 3.63) is 65.2 Å². The summed E-state index contributed by atoms with van der Waals surface area (Å²) < 4.78 is 5.10. The van der Waals surface area contributed by atoms with Crippen molar-refractivity contribution in [3.63, 3.8) is 0 Å². The van der Waals surface area contributed by atoms with E-state index in [2.05, 4.69) is 12.2 Å². The van der Waals surface area contributed by atoms with Crippen LogP contribution in [0.25, 0.3) is 6.08 Å². The van der Waals surface area contributed by atoms with Gasteiger partial charge in [-0.25, -0.2) is 0 Å². The molecule has 4 heteroatoms. The van der Waals surface area contributed by atoms with E-state index in [0.717, 1.165) is 30.6 Å². The number of nitriles is 1. The number of unbranched alkanes of at least 4 members (excludes halogenated alkanes) is 1. The summed E-state index contributed by atoms with van der Waals surface area (Å²) in [5, 5.41) is 12.0. The number of amides is 1. The van der Waals surface area contributed by atoms with Gasteiger partial charge < -0.3 is 10.1 Å². The molecule has 0 aliphatic heterocycles. The van der Waals surface area contributed by atoms with Gasteiger partial charge in [0, 0.05) is 5.69 Å². The molecule has 2 aromatic rings. The molecule has 1 amide bonds. The standard InChI is InChI=1S/C21H22N2O2/c1-3-4-5-16-6-10-19(11-7-16)23-21(24)18(15-22)14-17-8-12-20(25-2)13-9-17/h6-14H,3-5H2,1-2H3,(H,23,24)/b18-14-. The number of aryl methyl sites for hydroxylation is 1. The molecule has 0 atom stereocenters. The van der Waals surface area contributed by atoms with Gasteiger partial charge >= 0.3 is 0 Å². The van der Waals surface area contributed by atoms with E-state index in [1.807, 2.05) is 30.3 Å². The monoisotopic (exact) mass is 334 g/mol. The fraction of sp³-hybridized carbons (Fsp3) is 0.238. The van der Waals surface area contributed by atoms with Crippen molar-refractivity contribution in [2.24, 2.45) is 0 Å². The van der Waals surface area contributed by atoms with Gasteiger partial charge in [-0.15, -0.1) is 0 Å². The van der Waals surface area contributed by atoms with Gasteiger partial charge in [-0.2, -0.15) is 5.26 Å². The van der Waals surface area contributed by atoms with Crippen molar-refractivity contribution in [2.75, 3.05) is 12.4 Å². The number of rotatable bonds is 7. The average molecular weight is 334 g/mol. The number of carbonyl (C=O) groups excluding carboxylic acids is 1. The zero-order valence-electron chi connectivity index (χ0n) is 14.6. The predicted molar refractivity (Wildman–Crippen MR) is 100 cm³/mol. The topological polar surface area (TPSA) is 62.1 Å². The number of anilines is 1. The van der Waals surface area contributed by atoms with Crippen molar-refractivity contribution in [1.82, 2.24) is 0 Å². The molecule has 128 valence electrons. The van der Waals surface area contributed by atoms with Gasteiger partial charge in [0.25, 0.3) is 5.91 Å². The van der Waals surface area contributed by atoms with Crippen molar-refractivity contribution in [2.45, 2.75) is 26.2 Å². The van der Waals surface area contributed by atoms with E-state index in [-0.39, 0.29) is 5.57 Å². The third kappa shape index (κ3) is 5.50. The SMILES string of the molecule is CCCCc1ccc(NC(=O)/C(C#N)=C\c2ccc(OC)cc2)cc1. The Balaban J connectivity index is 2.06. The zero-order chi connectivity index (χ0) is 18.1. The van der Waals surface area contributed by atoms with E-state index in [1.54, 1.807) is 37.5 Å². The third-order valence-electron chi connectivity index (χ3n) is 3.82. The summed E-state index contributed by atoms with van der Waals surface area (Å²) in [6.45, 7) is 2.16. The van der Waals surface area contributed by atoms with Gasteiger partial charge in [0.2, 0.25) is 0 Å². The van der Waals surface area contributed by atoms with Crippen molar-refractivity contribution >= 4 is 17.7 Å². The van der Waals surface area contributed by atoms with E-state index >= 15 is 0 Å². The van der Waals surface area contributed by atoms with Crippen LogP contribution < -0.4 is 10.1 Å². The summed E-state index contributed by atoms with van der Waals surface area (Å²) in [6.07, 6.45) is 4.89. The number of carbonyl (C=O) groups is 1. The second-order valence-corrected chi connectivity index (χ2v) is 5.70. The smallest absolute Gasteiger partial charge is 0.266 e. The normalized spacial score (nSPS) is 10.8. The van der Waals surface area contributed by atoms with Crippen LogP contribution in [-0.4, -0.2) is 13.0 Å². The first-order valence-electron chi connectivity index (χ1n) is 8.32. The predicted octanol–water partition coefficient (Wildman–Crippen LogP) is 4.58. The molecule has 2 aromatic carbocycles. The molecule has 0 aliphatic rings. The van der Waals surface area contributed by atoms with Crippen LogP contribution in [0, 0.1) is 11.3 Å². The third-order valence-corrected chi connectivity index (χ3v) is 3.82. The minimum Gasteiger partial charge on any atom is -0.497 e. The van der Waals surface area contributed by atoms with E-state index in [9.17, 15) is 10.1 Å². The zero-order valence-corrected chi connectivity index (χ0v) is 14.6. The van der Waals surface area contributed by atoms with Crippen molar-refractivity contribution < 1.29 is 9.53 Å². The Morgan fingerprint density at radius 2 is 1.84 bits per heavy atom. The van der Waals surface area contributed by atoms with E-state index in [4.69, 9.17) is 4.74 Å². The number of hydrogen-bond donors (Lipinski definition) is 1. The molecule has 0 saturated heterocycles. The summed E-state index contributed by atoms with van der Waals surface area (Å²) in [5.74, 6) is 0.308. The maximum Gasteiger partial charge on any atom is 0.266 e. The molecule has 0 aromatic heterocycles. The molecule has 0 radical (unpaired) electrons. The minimum atomic E-state index is -0.417. The van der Waals surface area contributed by atoms with Gasteiger partial charge in [0.15, 0.2) is 0 Å². The Labute approximate surface area is 148 Å². The highest BCUT2D eigenvalue weighted by molar-refractivity contribution is 6.09. The molecule has 0 unspecified atom stereocenters. The first-order valence-corrected chi connectivity index (χ1v) is 8.32. The highest BCUT2D eigenvalue weighted by Gasteiger charge is 2.09. The highest BCUT2D eigenvalue weighted by atomic mass is 16.5. The van der Waals surface area contributed by atoms with Crippen LogP contribution in [0.2, 0.25) is 0 Å². The van der Waals surface area contributed by atoms with Crippen LogP contribution in [0.5, 0.6) is 5.75 Å². The van der Waals surface area contributed by atoms with E-state index in [0.29, 0.717) is 5.69 Å². The molecule has 25 heavy (non-hydrogen) atoms. The minimum absolute atomic E-state index is 0.0558. The number of hydrogen-bond acceptors (Lipinski definition) is 3. The van der Waals surface area contributed by atoms with Crippen LogP contribution in [0.4, 0.5) is 5.69 Å². The summed E-state index contributed by atoms with van der Waals surface area (Å²) in [6, 6.07) is 16.9. The number of benzene rings is 2. The van der Waals surface area contributed by atoms with Gasteiger partial charge in [-0.05, 0) is 54.3 Å². The van der Waals surface area contributed by atoms with Crippen LogP contribution in [0.15, 0.2) is 54.1 Å². The van der Waals surface area contributed by atoms with Gasteiger partial charge in [0.1, 0.15) is 17.4 Å². The van der Waals surface area contributed by atoms with E-state index < -0.39 is 5.91 Å². The molecular weight excluding hydrogens is 312 g/mol. The van der Waals surface area contributed by atoms with Gasteiger partial charge in [-0.1, -0.05) is 37.6 Å². The molecule has 2 rings (SSSR count). The summed E-state index contributed by atoms with van der Waals surface area (Å²) >= 11 is 0. The van der Waals surface area contributed by atoms with Crippen LogP contribution in [0.1, 0.15) is 30.9 Å². The molecular formula is C21H22N2O2. The summed E-state index contributed by atoms with van der Waals surface area (Å²) in [7, 11) is 1.59. The first kappa shape index (κ1) is 18.3. The summed E-state index contributed by atoms with van der Waals surface area (Å²) in [4.78, 5) is 12.3. The maximum atomic E-state index is 12.3. The molecule has 0 aliphatic carbocycles. The Bertz CT molecular complexity index is 769. The Morgan fingerprint density at radius 1 is 1.16 bits per heavy atom. The number of ether oxygens (including phenoxy) is 1. The Hall–Kier alpha value is -3.06. The molecule has 0 bridgehead atoms. The van der Waals surface area contributed by atoms with Crippen molar-refractivity contribution in [1.29, 1.82) is 5.26 Å². The fourth-order valence-electron chi connectivity index (χ4n) is 2.35. The number of nitrogens with zero attached hydrogens (tertiary/aromatic N) is 1. The Morgan fingerprint density at radius 3 is 2.40 bits per heavy atom. The second-order valence-electron chi connectivity index (χ2n) is 5.70. The molecule has 4 nitrogen and oxygen atoms in total. The highest BCUT2D eigenvalue weighted by Crippen LogP contribution is 2.16. The second kappa shape index (κ2) is 9.29. The van der Waals surface area contributed by atoms with Crippen LogP contribution in [0.3, 0.4) is 0 Å². The molecule has 0 heterocycles. The molecule has 0 saturated carbocycles. The van der Waals surface area contributed by atoms with Gasteiger partial charge in [-0.3, -0.25) is 4.79 Å². The maximum absolute atomic E-state index is 12.3. The quantitative estimate of drug-likeness (QED) is 0.595. The lowest BCUT2D eigenvalue weighted by Gasteiger charge is -2.06. The molecule has 0 spiro atoms. The average Bonchev–Trinajstić information content (AvgIpc) is 2.66. The lowest BCUT2D eigenvalue weighted by molar-refractivity contribution is -0.112. The van der Waals surface area contributed by atoms with Gasteiger partial charge in [0.05, 0.1) is 7.11 Å². The summed E-state index contributed by atoms with van der Waals surface area (Å²) in [5.41, 5.74) is 2.75. The van der Waals surface area contributed by atoms with E-state index in [1.165, 1.54) is 5.56 Å². The van der Waals surface area contributed by atoms with Crippen LogP contribution in [-0.2, 0) is 11.2 Å². The number of methoxy groups -OCH3 is 1. The molecule has 0 fully saturated rings. The first-order chi connectivity index (χ1) is 12.2. The Kier molecular flexibility index (Phi) is 6.79. The number of nitrogens with one attached hydrogen (secondary N) is 1. The fourth-order valence-corrected chi connectivity index (χ4v) is 2.35. The lowest BCUT2D eigenvalue weighted by Crippen LogP contribution is -2.13. The lowest BCUT2D eigenvalue weighted by atomic mass is 10.1. The van der Waals surface area contributed by atoms with Crippen molar-refractivity contribution in [3.8, 4) is 11.8 Å². The van der Waals surface area contributed by atoms with Crippen LogP contribution >= 0.6 is 0 Å². The molecule has 1 N–H and O–H groups in total.